The molecule has 6 heteroatoms. The van der Waals surface area contributed by atoms with E-state index >= 15 is 0 Å². The van der Waals surface area contributed by atoms with Gasteiger partial charge in [-0.3, -0.25) is 9.88 Å². The maximum atomic E-state index is 11.6. The lowest BCUT2D eigenvalue weighted by Gasteiger charge is -2.36. The van der Waals surface area contributed by atoms with E-state index in [1.807, 2.05) is 12.1 Å². The van der Waals surface area contributed by atoms with Gasteiger partial charge in [-0.2, -0.15) is 5.26 Å². The number of ether oxygens (including phenoxy) is 1. The molecule has 1 unspecified atom stereocenters. The van der Waals surface area contributed by atoms with Crippen molar-refractivity contribution in [3.8, 4) is 6.07 Å². The van der Waals surface area contributed by atoms with E-state index in [-0.39, 0.29) is 12.1 Å². The smallest absolute Gasteiger partial charge is 0.409 e. The standard InChI is InChI=1S/C14H18N4O2/c1-2-20-14(19)18-8-6-17(7-9-18)13(10-15)12-4-3-5-16-11-12/h3-5,11,13H,2,6-9H2,1H3. The summed E-state index contributed by atoms with van der Waals surface area (Å²) >= 11 is 0. The summed E-state index contributed by atoms with van der Waals surface area (Å²) in [5.74, 6) is 0. The van der Waals surface area contributed by atoms with Crippen LogP contribution in [0.15, 0.2) is 24.5 Å². The van der Waals surface area contributed by atoms with Crippen molar-refractivity contribution < 1.29 is 9.53 Å². The molecular formula is C14H18N4O2. The van der Waals surface area contributed by atoms with Crippen LogP contribution in [0.3, 0.4) is 0 Å². The number of carbonyl (C=O) groups is 1. The molecule has 0 aromatic carbocycles. The van der Waals surface area contributed by atoms with E-state index in [0.29, 0.717) is 32.8 Å². The van der Waals surface area contributed by atoms with Crippen LogP contribution in [0, 0.1) is 11.3 Å². The van der Waals surface area contributed by atoms with Gasteiger partial charge in [0, 0.05) is 44.1 Å². The highest BCUT2D eigenvalue weighted by Gasteiger charge is 2.27. The molecule has 6 nitrogen and oxygen atoms in total. The first kappa shape index (κ1) is 14.3. The van der Waals surface area contributed by atoms with Crippen molar-refractivity contribution in [2.24, 2.45) is 0 Å². The maximum absolute atomic E-state index is 11.6. The van der Waals surface area contributed by atoms with Gasteiger partial charge < -0.3 is 9.64 Å². The van der Waals surface area contributed by atoms with Crippen molar-refractivity contribution in [1.29, 1.82) is 5.26 Å². The second-order valence-corrected chi connectivity index (χ2v) is 4.54. The summed E-state index contributed by atoms with van der Waals surface area (Å²) in [6.07, 6.45) is 3.13. The van der Waals surface area contributed by atoms with E-state index < -0.39 is 0 Å². The highest BCUT2D eigenvalue weighted by atomic mass is 16.6. The van der Waals surface area contributed by atoms with Crippen molar-refractivity contribution in [1.82, 2.24) is 14.8 Å². The molecule has 0 bridgehead atoms. The molecule has 1 atom stereocenters. The Morgan fingerprint density at radius 3 is 2.80 bits per heavy atom. The molecule has 1 amide bonds. The van der Waals surface area contributed by atoms with Gasteiger partial charge in [0.1, 0.15) is 6.04 Å². The molecule has 106 valence electrons. The van der Waals surface area contributed by atoms with Crippen LogP contribution in [0.4, 0.5) is 4.79 Å². The fourth-order valence-electron chi connectivity index (χ4n) is 2.28. The third-order valence-corrected chi connectivity index (χ3v) is 3.33. The summed E-state index contributed by atoms with van der Waals surface area (Å²) in [4.78, 5) is 19.4. The van der Waals surface area contributed by atoms with Crippen molar-refractivity contribution in [3.05, 3.63) is 30.1 Å². The fraction of sp³-hybridized carbons (Fsp3) is 0.500. The van der Waals surface area contributed by atoms with Crippen molar-refractivity contribution in [3.63, 3.8) is 0 Å². The first-order valence-corrected chi connectivity index (χ1v) is 6.71. The Morgan fingerprint density at radius 2 is 2.25 bits per heavy atom. The van der Waals surface area contributed by atoms with Gasteiger partial charge in [0.2, 0.25) is 0 Å². The lowest BCUT2D eigenvalue weighted by atomic mass is 10.1. The highest BCUT2D eigenvalue weighted by molar-refractivity contribution is 5.67. The van der Waals surface area contributed by atoms with E-state index in [1.54, 1.807) is 24.2 Å². The number of rotatable bonds is 3. The van der Waals surface area contributed by atoms with Gasteiger partial charge >= 0.3 is 6.09 Å². The molecule has 20 heavy (non-hydrogen) atoms. The zero-order valence-electron chi connectivity index (χ0n) is 11.5. The van der Waals surface area contributed by atoms with Crippen molar-refractivity contribution in [2.45, 2.75) is 13.0 Å². The van der Waals surface area contributed by atoms with Gasteiger partial charge in [0.25, 0.3) is 0 Å². The Balaban J connectivity index is 1.96. The molecular weight excluding hydrogens is 256 g/mol. The summed E-state index contributed by atoms with van der Waals surface area (Å²) in [5.41, 5.74) is 0.889. The summed E-state index contributed by atoms with van der Waals surface area (Å²) in [7, 11) is 0. The minimum absolute atomic E-state index is 0.276. The minimum Gasteiger partial charge on any atom is -0.450 e. The van der Waals surface area contributed by atoms with E-state index in [9.17, 15) is 10.1 Å². The third kappa shape index (κ3) is 3.25. The lowest BCUT2D eigenvalue weighted by molar-refractivity contribution is 0.0733. The molecule has 0 saturated carbocycles. The summed E-state index contributed by atoms with van der Waals surface area (Å²) in [6.45, 7) is 4.66. The molecule has 1 aliphatic heterocycles. The normalized spacial score (nSPS) is 17.3. The van der Waals surface area contributed by atoms with Gasteiger partial charge in [-0.1, -0.05) is 6.07 Å². The molecule has 1 aromatic heterocycles. The molecule has 1 saturated heterocycles. The number of aromatic nitrogens is 1. The number of nitrogens with zero attached hydrogens (tertiary/aromatic N) is 4. The quantitative estimate of drug-likeness (QED) is 0.833. The predicted octanol–water partition coefficient (Wildman–Crippen LogP) is 1.42. The van der Waals surface area contributed by atoms with Crippen LogP contribution in [0.5, 0.6) is 0 Å². The van der Waals surface area contributed by atoms with E-state index in [2.05, 4.69) is 16.0 Å². The lowest BCUT2D eigenvalue weighted by Crippen LogP contribution is -2.49. The number of amides is 1. The van der Waals surface area contributed by atoms with E-state index in [0.717, 1.165) is 5.56 Å². The van der Waals surface area contributed by atoms with Crippen LogP contribution in [-0.2, 0) is 4.74 Å². The Kier molecular flexibility index (Phi) is 4.91. The number of nitriles is 1. The van der Waals surface area contributed by atoms with Crippen LogP contribution in [0.25, 0.3) is 0 Å². The second-order valence-electron chi connectivity index (χ2n) is 4.54. The number of carbonyl (C=O) groups excluding carboxylic acids is 1. The van der Waals surface area contributed by atoms with Crippen LogP contribution in [-0.4, -0.2) is 53.7 Å². The van der Waals surface area contributed by atoms with Crippen LogP contribution in [0.1, 0.15) is 18.5 Å². The Morgan fingerprint density at radius 1 is 1.50 bits per heavy atom. The topological polar surface area (TPSA) is 69.5 Å². The monoisotopic (exact) mass is 274 g/mol. The van der Waals surface area contributed by atoms with Gasteiger partial charge in [0.05, 0.1) is 12.7 Å². The molecule has 2 rings (SSSR count). The zero-order chi connectivity index (χ0) is 14.4. The SMILES string of the molecule is CCOC(=O)N1CCN(C(C#N)c2cccnc2)CC1. The van der Waals surface area contributed by atoms with Gasteiger partial charge in [0.15, 0.2) is 0 Å². The van der Waals surface area contributed by atoms with Crippen LogP contribution in [0.2, 0.25) is 0 Å². The number of hydrogen-bond acceptors (Lipinski definition) is 5. The van der Waals surface area contributed by atoms with Gasteiger partial charge in [-0.25, -0.2) is 4.79 Å². The number of piperazine rings is 1. The molecule has 1 aromatic rings. The van der Waals surface area contributed by atoms with Gasteiger partial charge in [-0.05, 0) is 13.0 Å². The number of pyridine rings is 1. The Bertz CT molecular complexity index is 478. The largest absolute Gasteiger partial charge is 0.450 e. The fourth-order valence-corrected chi connectivity index (χ4v) is 2.28. The molecule has 1 fully saturated rings. The zero-order valence-corrected chi connectivity index (χ0v) is 11.5. The Hall–Kier alpha value is -2.13. The molecule has 0 radical (unpaired) electrons. The first-order valence-electron chi connectivity index (χ1n) is 6.71. The number of hydrogen-bond donors (Lipinski definition) is 0. The molecule has 2 heterocycles. The third-order valence-electron chi connectivity index (χ3n) is 3.33. The summed E-state index contributed by atoms with van der Waals surface area (Å²) < 4.78 is 4.98. The van der Waals surface area contributed by atoms with Crippen LogP contribution < -0.4 is 0 Å². The highest BCUT2D eigenvalue weighted by Crippen LogP contribution is 2.20. The molecule has 0 spiro atoms. The average molecular weight is 274 g/mol. The predicted molar refractivity (Wildman–Crippen MR) is 72.8 cm³/mol. The summed E-state index contributed by atoms with van der Waals surface area (Å²) in [6, 6.07) is 5.73. The molecule has 1 aliphatic rings. The molecule has 0 N–H and O–H groups in total. The van der Waals surface area contributed by atoms with Crippen molar-refractivity contribution in [2.75, 3.05) is 32.8 Å². The van der Waals surface area contributed by atoms with E-state index in [4.69, 9.17) is 4.74 Å². The van der Waals surface area contributed by atoms with E-state index in [1.165, 1.54) is 0 Å². The second kappa shape index (κ2) is 6.87. The minimum atomic E-state index is -0.312. The molecule has 0 aliphatic carbocycles. The Labute approximate surface area is 118 Å². The first-order chi connectivity index (χ1) is 9.76. The maximum Gasteiger partial charge on any atom is 0.409 e. The van der Waals surface area contributed by atoms with Crippen LogP contribution >= 0.6 is 0 Å². The summed E-state index contributed by atoms with van der Waals surface area (Å²) in [5, 5.41) is 9.37. The van der Waals surface area contributed by atoms with Crippen molar-refractivity contribution >= 4 is 6.09 Å². The van der Waals surface area contributed by atoms with Gasteiger partial charge in [-0.15, -0.1) is 0 Å². The average Bonchev–Trinajstić information content (AvgIpc) is 2.50.